The lowest BCUT2D eigenvalue weighted by atomic mass is 10.1. The summed E-state index contributed by atoms with van der Waals surface area (Å²) < 4.78 is 5.05. The van der Waals surface area contributed by atoms with E-state index in [1.54, 1.807) is 11.0 Å². The van der Waals surface area contributed by atoms with E-state index in [2.05, 4.69) is 15.5 Å². The number of nitrogens with one attached hydrogen (secondary N) is 1. The van der Waals surface area contributed by atoms with Crippen molar-refractivity contribution < 1.29 is 14.1 Å². The number of fused-ring (bicyclic) bond motifs is 1. The molecule has 1 N–H and O–H groups in total. The van der Waals surface area contributed by atoms with E-state index in [-0.39, 0.29) is 11.8 Å². The molecule has 2 aromatic heterocycles. The number of likely N-dealkylation sites (tertiary alicyclic amines) is 1. The number of aryl methyl sites for hydroxylation is 1. The lowest BCUT2D eigenvalue weighted by Gasteiger charge is -2.25. The van der Waals surface area contributed by atoms with Crippen LogP contribution in [-0.2, 0) is 9.59 Å². The van der Waals surface area contributed by atoms with Crippen LogP contribution in [0, 0.1) is 6.92 Å². The SMILES string of the molecule is CCC(C(=O)Nc1cnc2onc(C)c2c1)N1CCCC1=O. The maximum atomic E-state index is 12.5. The Morgan fingerprint density at radius 2 is 2.36 bits per heavy atom. The fourth-order valence-electron chi connectivity index (χ4n) is 2.78. The van der Waals surface area contributed by atoms with Gasteiger partial charge in [0, 0.05) is 13.0 Å². The van der Waals surface area contributed by atoms with Gasteiger partial charge in [0.25, 0.3) is 5.71 Å². The summed E-state index contributed by atoms with van der Waals surface area (Å²) >= 11 is 0. The molecule has 1 aliphatic heterocycles. The van der Waals surface area contributed by atoms with Gasteiger partial charge in [-0.15, -0.1) is 0 Å². The molecule has 22 heavy (non-hydrogen) atoms. The van der Waals surface area contributed by atoms with Crippen molar-refractivity contribution in [3.63, 3.8) is 0 Å². The summed E-state index contributed by atoms with van der Waals surface area (Å²) in [6, 6.07) is 1.35. The predicted molar refractivity (Wildman–Crippen MR) is 80.2 cm³/mol. The monoisotopic (exact) mass is 302 g/mol. The molecule has 1 fully saturated rings. The highest BCUT2D eigenvalue weighted by Gasteiger charge is 2.31. The molecule has 116 valence electrons. The van der Waals surface area contributed by atoms with E-state index in [9.17, 15) is 9.59 Å². The molecule has 0 bridgehead atoms. The molecule has 1 atom stereocenters. The van der Waals surface area contributed by atoms with Crippen LogP contribution in [0.3, 0.4) is 0 Å². The number of nitrogens with zero attached hydrogens (tertiary/aromatic N) is 3. The molecule has 0 spiro atoms. The lowest BCUT2D eigenvalue weighted by molar-refractivity contribution is -0.135. The van der Waals surface area contributed by atoms with Crippen molar-refractivity contribution in [3.8, 4) is 0 Å². The van der Waals surface area contributed by atoms with Gasteiger partial charge < -0.3 is 14.7 Å². The largest absolute Gasteiger partial charge is 0.336 e. The Balaban J connectivity index is 1.79. The maximum absolute atomic E-state index is 12.5. The molecule has 3 heterocycles. The van der Waals surface area contributed by atoms with Crippen LogP contribution in [0.5, 0.6) is 0 Å². The topological polar surface area (TPSA) is 88.3 Å². The molecule has 0 radical (unpaired) electrons. The Labute approximate surface area is 127 Å². The molecule has 1 aliphatic rings. The van der Waals surface area contributed by atoms with Crippen molar-refractivity contribution in [2.75, 3.05) is 11.9 Å². The highest BCUT2D eigenvalue weighted by molar-refractivity contribution is 5.98. The van der Waals surface area contributed by atoms with Crippen molar-refractivity contribution in [2.45, 2.75) is 39.2 Å². The Morgan fingerprint density at radius 3 is 3.05 bits per heavy atom. The van der Waals surface area contributed by atoms with Gasteiger partial charge in [-0.1, -0.05) is 12.1 Å². The van der Waals surface area contributed by atoms with Gasteiger partial charge in [0.05, 0.1) is 23.0 Å². The van der Waals surface area contributed by atoms with Crippen LogP contribution >= 0.6 is 0 Å². The van der Waals surface area contributed by atoms with E-state index in [0.717, 1.165) is 17.5 Å². The third-order valence-electron chi connectivity index (χ3n) is 3.95. The minimum absolute atomic E-state index is 0.0467. The van der Waals surface area contributed by atoms with Crippen LogP contribution < -0.4 is 5.32 Å². The third-order valence-corrected chi connectivity index (χ3v) is 3.95. The number of hydrogen-bond donors (Lipinski definition) is 1. The standard InChI is InChI=1S/C15H18N4O3/c1-3-12(19-6-4-5-13(19)20)14(21)17-10-7-11-9(2)18-22-15(11)16-8-10/h7-8,12H,3-6H2,1-2H3,(H,17,21). The summed E-state index contributed by atoms with van der Waals surface area (Å²) in [5.41, 5.74) is 1.74. The van der Waals surface area contributed by atoms with Crippen molar-refractivity contribution >= 4 is 28.6 Å². The van der Waals surface area contributed by atoms with Gasteiger partial charge >= 0.3 is 0 Å². The smallest absolute Gasteiger partial charge is 0.258 e. The van der Waals surface area contributed by atoms with E-state index in [4.69, 9.17) is 4.52 Å². The summed E-state index contributed by atoms with van der Waals surface area (Å²) in [6.45, 7) is 4.37. The molecule has 0 aliphatic carbocycles. The van der Waals surface area contributed by atoms with Crippen LogP contribution in [0.1, 0.15) is 31.9 Å². The molecule has 1 saturated heterocycles. The first-order valence-corrected chi connectivity index (χ1v) is 7.42. The van der Waals surface area contributed by atoms with Gasteiger partial charge in [-0.05, 0) is 25.8 Å². The van der Waals surface area contributed by atoms with Gasteiger partial charge in [0.1, 0.15) is 6.04 Å². The van der Waals surface area contributed by atoms with E-state index in [0.29, 0.717) is 30.8 Å². The fraction of sp³-hybridized carbons (Fsp3) is 0.467. The quantitative estimate of drug-likeness (QED) is 0.931. The van der Waals surface area contributed by atoms with E-state index in [1.165, 1.54) is 6.20 Å². The van der Waals surface area contributed by atoms with Gasteiger partial charge in [0.2, 0.25) is 11.8 Å². The number of pyridine rings is 1. The lowest BCUT2D eigenvalue weighted by Crippen LogP contribution is -2.44. The second-order valence-electron chi connectivity index (χ2n) is 5.45. The molecule has 3 rings (SSSR count). The zero-order valence-corrected chi connectivity index (χ0v) is 12.6. The molecule has 2 amide bonds. The summed E-state index contributed by atoms with van der Waals surface area (Å²) in [5.74, 6) is -0.140. The molecule has 7 heteroatoms. The summed E-state index contributed by atoms with van der Waals surface area (Å²) in [4.78, 5) is 30.1. The van der Waals surface area contributed by atoms with Gasteiger partial charge in [-0.2, -0.15) is 0 Å². The third kappa shape index (κ3) is 2.54. The number of aromatic nitrogens is 2. The number of carbonyl (C=O) groups excluding carboxylic acids is 2. The Morgan fingerprint density at radius 1 is 1.55 bits per heavy atom. The molecule has 0 saturated carbocycles. The number of rotatable bonds is 4. The molecule has 1 unspecified atom stereocenters. The summed E-state index contributed by atoms with van der Waals surface area (Å²) in [7, 11) is 0. The van der Waals surface area contributed by atoms with Crippen LogP contribution in [-0.4, -0.2) is 39.4 Å². The first-order valence-electron chi connectivity index (χ1n) is 7.42. The van der Waals surface area contributed by atoms with Crippen molar-refractivity contribution in [2.24, 2.45) is 0 Å². The van der Waals surface area contributed by atoms with E-state index < -0.39 is 6.04 Å². The average molecular weight is 302 g/mol. The predicted octanol–water partition coefficient (Wildman–Crippen LogP) is 1.87. The fourth-order valence-corrected chi connectivity index (χ4v) is 2.78. The van der Waals surface area contributed by atoms with Crippen LogP contribution in [0.15, 0.2) is 16.8 Å². The first kappa shape index (κ1) is 14.5. The van der Waals surface area contributed by atoms with Crippen molar-refractivity contribution in [1.82, 2.24) is 15.0 Å². The minimum Gasteiger partial charge on any atom is -0.336 e. The molecule has 7 nitrogen and oxygen atoms in total. The van der Waals surface area contributed by atoms with Crippen LogP contribution in [0.2, 0.25) is 0 Å². The van der Waals surface area contributed by atoms with Crippen molar-refractivity contribution in [1.29, 1.82) is 0 Å². The van der Waals surface area contributed by atoms with Crippen molar-refractivity contribution in [3.05, 3.63) is 18.0 Å². The van der Waals surface area contributed by atoms with E-state index >= 15 is 0 Å². The van der Waals surface area contributed by atoms with Gasteiger partial charge in [0.15, 0.2) is 0 Å². The average Bonchev–Trinajstić information content (AvgIpc) is 3.07. The highest BCUT2D eigenvalue weighted by Crippen LogP contribution is 2.21. The molecular weight excluding hydrogens is 284 g/mol. The summed E-state index contributed by atoms with van der Waals surface area (Å²) in [6.07, 6.45) is 3.45. The Bertz CT molecular complexity index is 725. The normalized spacial score (nSPS) is 16.3. The number of hydrogen-bond acceptors (Lipinski definition) is 5. The van der Waals surface area contributed by atoms with E-state index in [1.807, 2.05) is 13.8 Å². The second kappa shape index (κ2) is 5.75. The molecule has 0 aromatic carbocycles. The van der Waals surface area contributed by atoms with Crippen LogP contribution in [0.25, 0.3) is 11.1 Å². The molecule has 2 aromatic rings. The molecular formula is C15H18N4O3. The minimum atomic E-state index is -0.436. The number of carbonyl (C=O) groups is 2. The Hall–Kier alpha value is -2.44. The van der Waals surface area contributed by atoms with Gasteiger partial charge in [-0.25, -0.2) is 4.98 Å². The maximum Gasteiger partial charge on any atom is 0.258 e. The highest BCUT2D eigenvalue weighted by atomic mass is 16.5. The number of anilines is 1. The van der Waals surface area contributed by atoms with Gasteiger partial charge in [-0.3, -0.25) is 9.59 Å². The second-order valence-corrected chi connectivity index (χ2v) is 5.45. The number of amides is 2. The summed E-state index contributed by atoms with van der Waals surface area (Å²) in [5, 5.41) is 7.44. The first-order chi connectivity index (χ1) is 10.6. The van der Waals surface area contributed by atoms with Crippen LogP contribution in [0.4, 0.5) is 5.69 Å². The Kier molecular flexibility index (Phi) is 3.79. The zero-order chi connectivity index (χ0) is 15.7. The zero-order valence-electron chi connectivity index (χ0n) is 12.6.